The Balaban J connectivity index is 2.65. The van der Waals surface area contributed by atoms with Crippen molar-refractivity contribution in [2.75, 3.05) is 6.61 Å². The first-order valence-electron chi connectivity index (χ1n) is 7.59. The van der Waals surface area contributed by atoms with Gasteiger partial charge in [0.15, 0.2) is 6.61 Å². The maximum absolute atomic E-state index is 12.2. The van der Waals surface area contributed by atoms with Crippen molar-refractivity contribution in [2.45, 2.75) is 57.5 Å². The Kier molecular flexibility index (Phi) is 6.58. The van der Waals surface area contributed by atoms with Crippen molar-refractivity contribution in [3.63, 3.8) is 0 Å². The topological polar surface area (TPSA) is 84.5 Å². The molecule has 0 spiro atoms. The normalized spacial score (nSPS) is 13.4. The highest BCUT2D eigenvalue weighted by atomic mass is 32.2. The Bertz CT molecular complexity index is 618. The molecule has 0 radical (unpaired) electrons. The van der Waals surface area contributed by atoms with Gasteiger partial charge in [0, 0.05) is 11.6 Å². The summed E-state index contributed by atoms with van der Waals surface area (Å²) >= 11 is 0. The van der Waals surface area contributed by atoms with Crippen LogP contribution in [0.3, 0.4) is 0 Å². The number of carbonyl (C=O) groups is 1. The fourth-order valence-electron chi connectivity index (χ4n) is 1.74. The van der Waals surface area contributed by atoms with Gasteiger partial charge in [-0.15, -0.1) is 0 Å². The highest BCUT2D eigenvalue weighted by Gasteiger charge is 2.21. The first-order valence-corrected chi connectivity index (χ1v) is 9.08. The monoisotopic (exact) mass is 342 g/mol. The van der Waals surface area contributed by atoms with Crippen molar-refractivity contribution < 1.29 is 17.9 Å². The quantitative estimate of drug-likeness (QED) is 0.794. The molecule has 130 valence electrons. The molecule has 0 bridgehead atoms. The molecular formula is C16H26N2O4S. The minimum atomic E-state index is -3.57. The molecule has 0 aliphatic carbocycles. The number of amides is 1. The van der Waals surface area contributed by atoms with Crippen LogP contribution in [0.1, 0.15) is 41.0 Å². The highest BCUT2D eigenvalue weighted by Crippen LogP contribution is 2.17. The molecule has 0 saturated carbocycles. The van der Waals surface area contributed by atoms with Gasteiger partial charge < -0.3 is 10.1 Å². The molecule has 1 amide bonds. The molecule has 23 heavy (non-hydrogen) atoms. The number of nitrogens with one attached hydrogen (secondary N) is 2. The Morgan fingerprint density at radius 1 is 1.22 bits per heavy atom. The molecule has 1 aromatic rings. The van der Waals surface area contributed by atoms with Crippen molar-refractivity contribution in [2.24, 2.45) is 0 Å². The number of rotatable bonds is 7. The third kappa shape index (κ3) is 7.00. The molecule has 1 atom stereocenters. The van der Waals surface area contributed by atoms with E-state index >= 15 is 0 Å². The summed E-state index contributed by atoms with van der Waals surface area (Å²) in [6.07, 6.45) is 0.846. The predicted molar refractivity (Wildman–Crippen MR) is 89.9 cm³/mol. The maximum atomic E-state index is 12.2. The third-order valence-corrected chi connectivity index (χ3v) is 4.74. The predicted octanol–water partition coefficient (Wildman–Crippen LogP) is 2.06. The summed E-state index contributed by atoms with van der Waals surface area (Å²) in [5.41, 5.74) is -0.554. The van der Waals surface area contributed by atoms with Gasteiger partial charge in [0.05, 0.1) is 4.90 Å². The van der Waals surface area contributed by atoms with Gasteiger partial charge in [-0.2, -0.15) is 0 Å². The molecule has 7 heteroatoms. The molecule has 0 saturated heterocycles. The van der Waals surface area contributed by atoms with E-state index in [4.69, 9.17) is 4.74 Å². The zero-order valence-electron chi connectivity index (χ0n) is 14.3. The van der Waals surface area contributed by atoms with Crippen molar-refractivity contribution >= 4 is 15.9 Å². The van der Waals surface area contributed by atoms with E-state index in [1.807, 2.05) is 13.8 Å². The lowest BCUT2D eigenvalue weighted by atomic mass is 10.1. The van der Waals surface area contributed by atoms with E-state index in [2.05, 4.69) is 10.0 Å². The van der Waals surface area contributed by atoms with Crippen LogP contribution in [-0.4, -0.2) is 32.5 Å². The van der Waals surface area contributed by atoms with Crippen molar-refractivity contribution in [1.29, 1.82) is 0 Å². The molecule has 0 aliphatic rings. The van der Waals surface area contributed by atoms with Crippen LogP contribution in [0.15, 0.2) is 29.2 Å². The molecule has 0 unspecified atom stereocenters. The first kappa shape index (κ1) is 19.4. The Hall–Kier alpha value is -1.60. The SMILES string of the molecule is CC[C@H](C)NC(=O)COc1ccc(S(=O)(=O)NC(C)(C)C)cc1. The summed E-state index contributed by atoms with van der Waals surface area (Å²) in [5.74, 6) is 0.240. The van der Waals surface area contributed by atoms with Crippen molar-refractivity contribution in [1.82, 2.24) is 10.0 Å². The fraction of sp³-hybridized carbons (Fsp3) is 0.562. The van der Waals surface area contributed by atoms with Gasteiger partial charge in [0.2, 0.25) is 10.0 Å². The second kappa shape index (κ2) is 7.79. The molecule has 1 rings (SSSR count). The van der Waals surface area contributed by atoms with E-state index in [1.54, 1.807) is 20.8 Å². The molecule has 1 aromatic carbocycles. The second-order valence-electron chi connectivity index (χ2n) is 6.49. The number of hydrogen-bond donors (Lipinski definition) is 2. The number of carbonyl (C=O) groups excluding carboxylic acids is 1. The average Bonchev–Trinajstić information content (AvgIpc) is 2.43. The zero-order chi connectivity index (χ0) is 17.7. The van der Waals surface area contributed by atoms with E-state index in [-0.39, 0.29) is 23.5 Å². The number of ether oxygens (including phenoxy) is 1. The van der Waals surface area contributed by atoms with Gasteiger partial charge in [0.1, 0.15) is 5.75 Å². The number of benzene rings is 1. The van der Waals surface area contributed by atoms with Crippen LogP contribution in [0.2, 0.25) is 0 Å². The standard InChI is InChI=1S/C16H26N2O4S/c1-6-12(2)17-15(19)11-22-13-7-9-14(10-8-13)23(20,21)18-16(3,4)5/h7-10,12,18H,6,11H2,1-5H3,(H,17,19)/t12-/m0/s1. The van der Waals surface area contributed by atoms with Crippen LogP contribution in [0.5, 0.6) is 5.75 Å². The van der Waals surface area contributed by atoms with Gasteiger partial charge in [-0.1, -0.05) is 6.92 Å². The Labute approximate surface area is 138 Å². The summed E-state index contributed by atoms with van der Waals surface area (Å²) in [6.45, 7) is 9.13. The van der Waals surface area contributed by atoms with E-state index in [1.165, 1.54) is 24.3 Å². The van der Waals surface area contributed by atoms with Crippen molar-refractivity contribution in [3.05, 3.63) is 24.3 Å². The van der Waals surface area contributed by atoms with E-state index in [9.17, 15) is 13.2 Å². The lowest BCUT2D eigenvalue weighted by Gasteiger charge is -2.20. The van der Waals surface area contributed by atoms with Gasteiger partial charge in [-0.25, -0.2) is 13.1 Å². The lowest BCUT2D eigenvalue weighted by molar-refractivity contribution is -0.123. The number of hydrogen-bond acceptors (Lipinski definition) is 4. The molecule has 0 aromatic heterocycles. The Morgan fingerprint density at radius 3 is 2.26 bits per heavy atom. The maximum Gasteiger partial charge on any atom is 0.258 e. The van der Waals surface area contributed by atoms with Crippen LogP contribution < -0.4 is 14.8 Å². The molecule has 0 aliphatic heterocycles. The molecule has 6 nitrogen and oxygen atoms in total. The first-order chi connectivity index (χ1) is 10.5. The summed E-state index contributed by atoms with van der Waals surface area (Å²) in [5, 5.41) is 2.79. The summed E-state index contributed by atoms with van der Waals surface area (Å²) in [7, 11) is -3.57. The molecule has 0 heterocycles. The zero-order valence-corrected chi connectivity index (χ0v) is 15.2. The highest BCUT2D eigenvalue weighted by molar-refractivity contribution is 7.89. The van der Waals surface area contributed by atoms with Crippen LogP contribution in [0.4, 0.5) is 0 Å². The third-order valence-electron chi connectivity index (χ3n) is 2.96. The summed E-state index contributed by atoms with van der Waals surface area (Å²) < 4.78 is 32.3. The molecule has 0 fully saturated rings. The largest absolute Gasteiger partial charge is 0.484 e. The minimum absolute atomic E-state index is 0.0992. The van der Waals surface area contributed by atoms with Gasteiger partial charge in [-0.3, -0.25) is 4.79 Å². The molecular weight excluding hydrogens is 316 g/mol. The fourth-order valence-corrected chi connectivity index (χ4v) is 3.16. The van der Waals surface area contributed by atoms with Crippen LogP contribution in [-0.2, 0) is 14.8 Å². The summed E-state index contributed by atoms with van der Waals surface area (Å²) in [6, 6.07) is 6.08. The van der Waals surface area contributed by atoms with Gasteiger partial charge in [0.25, 0.3) is 5.91 Å². The van der Waals surface area contributed by atoms with Crippen LogP contribution >= 0.6 is 0 Å². The lowest BCUT2D eigenvalue weighted by Crippen LogP contribution is -2.40. The van der Waals surface area contributed by atoms with E-state index in [0.29, 0.717) is 5.75 Å². The molecule has 2 N–H and O–H groups in total. The smallest absolute Gasteiger partial charge is 0.258 e. The van der Waals surface area contributed by atoms with E-state index < -0.39 is 15.6 Å². The van der Waals surface area contributed by atoms with Crippen molar-refractivity contribution in [3.8, 4) is 5.75 Å². The minimum Gasteiger partial charge on any atom is -0.484 e. The Morgan fingerprint density at radius 2 is 1.78 bits per heavy atom. The van der Waals surface area contributed by atoms with E-state index in [0.717, 1.165) is 6.42 Å². The average molecular weight is 342 g/mol. The van der Waals surface area contributed by atoms with Gasteiger partial charge in [-0.05, 0) is 58.4 Å². The van der Waals surface area contributed by atoms with Gasteiger partial charge >= 0.3 is 0 Å². The van der Waals surface area contributed by atoms with Crippen LogP contribution in [0, 0.1) is 0 Å². The second-order valence-corrected chi connectivity index (χ2v) is 8.17. The number of sulfonamides is 1. The van der Waals surface area contributed by atoms with Crippen LogP contribution in [0.25, 0.3) is 0 Å². The summed E-state index contributed by atoms with van der Waals surface area (Å²) in [4.78, 5) is 11.8.